The first-order valence-corrected chi connectivity index (χ1v) is 5.39. The van der Waals surface area contributed by atoms with Crippen molar-refractivity contribution in [2.75, 3.05) is 12.4 Å². The maximum atomic E-state index is 11.7. The highest BCUT2D eigenvalue weighted by Gasteiger charge is 2.40. The first-order chi connectivity index (χ1) is 5.89. The summed E-state index contributed by atoms with van der Waals surface area (Å²) < 4.78 is 64.7. The van der Waals surface area contributed by atoms with Gasteiger partial charge in [-0.2, -0.15) is 17.4 Å². The zero-order valence-electron chi connectivity index (χ0n) is 6.07. The Morgan fingerprint density at radius 2 is 2.15 bits per heavy atom. The second-order valence-corrected chi connectivity index (χ2v) is 4.49. The summed E-state index contributed by atoms with van der Waals surface area (Å²) in [4.78, 5) is 0. The van der Waals surface area contributed by atoms with E-state index in [2.05, 4.69) is 8.37 Å². The molecule has 0 spiro atoms. The summed E-state index contributed by atoms with van der Waals surface area (Å²) in [5, 5.41) is 0. The fourth-order valence-electron chi connectivity index (χ4n) is 0.637. The standard InChI is InChI=1S/C4H5F3O4S2/c5-4(6,7)12(8)2-3-1-10-13(9)11-3/h3H,1-2H2. The second kappa shape index (κ2) is 4.03. The van der Waals surface area contributed by atoms with Crippen LogP contribution in [0.25, 0.3) is 0 Å². The molecule has 4 nitrogen and oxygen atoms in total. The first kappa shape index (κ1) is 11.1. The molecule has 1 aliphatic rings. The van der Waals surface area contributed by atoms with E-state index in [0.29, 0.717) is 0 Å². The number of hydrogen-bond acceptors (Lipinski definition) is 4. The number of alkyl halides is 3. The predicted molar refractivity (Wildman–Crippen MR) is 38.0 cm³/mol. The Labute approximate surface area is 76.7 Å². The third kappa shape index (κ3) is 3.33. The van der Waals surface area contributed by atoms with Gasteiger partial charge in [-0.05, 0) is 0 Å². The molecule has 9 heteroatoms. The van der Waals surface area contributed by atoms with E-state index in [1.54, 1.807) is 0 Å². The molecule has 1 fully saturated rings. The molecule has 3 unspecified atom stereocenters. The van der Waals surface area contributed by atoms with Crippen LogP contribution in [0.5, 0.6) is 0 Å². The number of hydrogen-bond donors (Lipinski definition) is 0. The maximum Gasteiger partial charge on any atom is 0.471 e. The molecule has 0 amide bonds. The number of halogens is 3. The lowest BCUT2D eigenvalue weighted by Crippen LogP contribution is -2.27. The SMILES string of the molecule is O=S1OCC(CS(=O)C(F)(F)F)O1. The van der Waals surface area contributed by atoms with Crippen LogP contribution in [0.15, 0.2) is 0 Å². The molecule has 1 aliphatic heterocycles. The van der Waals surface area contributed by atoms with Crippen molar-refractivity contribution in [3.05, 3.63) is 0 Å². The smallest absolute Gasteiger partial charge is 0.266 e. The van der Waals surface area contributed by atoms with Gasteiger partial charge < -0.3 is 0 Å². The molecule has 0 aromatic carbocycles. The van der Waals surface area contributed by atoms with Gasteiger partial charge in [0.1, 0.15) is 16.9 Å². The average molecular weight is 238 g/mol. The van der Waals surface area contributed by atoms with Gasteiger partial charge in [0.05, 0.1) is 12.4 Å². The van der Waals surface area contributed by atoms with E-state index in [9.17, 15) is 21.6 Å². The van der Waals surface area contributed by atoms with Gasteiger partial charge in [-0.3, -0.25) is 12.6 Å². The Kier molecular flexibility index (Phi) is 3.44. The number of rotatable bonds is 2. The topological polar surface area (TPSA) is 52.6 Å². The van der Waals surface area contributed by atoms with Gasteiger partial charge in [0.2, 0.25) is 0 Å². The molecular weight excluding hydrogens is 233 g/mol. The van der Waals surface area contributed by atoms with Gasteiger partial charge in [0.15, 0.2) is 0 Å². The zero-order chi connectivity index (χ0) is 10.1. The summed E-state index contributed by atoms with van der Waals surface area (Å²) in [5.41, 5.74) is -4.76. The molecule has 0 aromatic heterocycles. The molecule has 1 heterocycles. The lowest BCUT2D eigenvalue weighted by atomic mass is 10.4. The lowest BCUT2D eigenvalue weighted by Gasteiger charge is -2.07. The minimum absolute atomic E-state index is 0.228. The molecule has 1 rings (SSSR count). The Morgan fingerprint density at radius 3 is 2.54 bits per heavy atom. The molecule has 1 saturated heterocycles. The van der Waals surface area contributed by atoms with Gasteiger partial charge in [-0.15, -0.1) is 0 Å². The summed E-state index contributed by atoms with van der Waals surface area (Å²) >= 11 is -2.00. The van der Waals surface area contributed by atoms with E-state index >= 15 is 0 Å². The zero-order valence-corrected chi connectivity index (χ0v) is 7.71. The van der Waals surface area contributed by atoms with Crippen molar-refractivity contribution < 1.29 is 30.0 Å². The van der Waals surface area contributed by atoms with E-state index in [1.807, 2.05) is 0 Å². The molecule has 0 bridgehead atoms. The normalized spacial score (nSPS) is 31.9. The Balaban J connectivity index is 2.42. The van der Waals surface area contributed by atoms with Crippen LogP contribution >= 0.6 is 0 Å². The maximum absolute atomic E-state index is 11.7. The molecule has 0 aromatic rings. The molecular formula is C4H5F3O4S2. The second-order valence-electron chi connectivity index (χ2n) is 2.16. The third-order valence-electron chi connectivity index (χ3n) is 1.16. The Bertz CT molecular complexity index is 240. The fraction of sp³-hybridized carbons (Fsp3) is 1.00. The van der Waals surface area contributed by atoms with Crippen molar-refractivity contribution in [3.63, 3.8) is 0 Å². The van der Waals surface area contributed by atoms with E-state index in [4.69, 9.17) is 0 Å². The first-order valence-electron chi connectivity index (χ1n) is 3.07. The van der Waals surface area contributed by atoms with E-state index in [-0.39, 0.29) is 6.61 Å². The molecule has 0 saturated carbocycles. The summed E-state index contributed by atoms with van der Waals surface area (Å²) in [6, 6.07) is 0. The van der Waals surface area contributed by atoms with Crippen molar-refractivity contribution >= 4 is 22.2 Å². The van der Waals surface area contributed by atoms with Crippen molar-refractivity contribution in [3.8, 4) is 0 Å². The van der Waals surface area contributed by atoms with E-state index in [1.165, 1.54) is 0 Å². The van der Waals surface area contributed by atoms with Crippen molar-refractivity contribution in [1.29, 1.82) is 0 Å². The molecule has 13 heavy (non-hydrogen) atoms. The highest BCUT2D eigenvalue weighted by atomic mass is 32.2. The highest BCUT2D eigenvalue weighted by Crippen LogP contribution is 2.22. The van der Waals surface area contributed by atoms with Crippen LogP contribution in [0.1, 0.15) is 0 Å². The van der Waals surface area contributed by atoms with Crippen LogP contribution in [0.2, 0.25) is 0 Å². The summed E-state index contributed by atoms with van der Waals surface area (Å²) in [6.45, 7) is -0.228. The monoisotopic (exact) mass is 238 g/mol. The summed E-state index contributed by atoms with van der Waals surface area (Å²) in [5.74, 6) is -0.741. The van der Waals surface area contributed by atoms with Crippen LogP contribution in [-0.2, 0) is 30.5 Å². The predicted octanol–water partition coefficient (Wildman–Crippen LogP) is 0.249. The van der Waals surface area contributed by atoms with Crippen LogP contribution < -0.4 is 0 Å². The van der Waals surface area contributed by atoms with Crippen molar-refractivity contribution in [1.82, 2.24) is 0 Å². The molecule has 78 valence electrons. The minimum Gasteiger partial charge on any atom is -0.266 e. The van der Waals surface area contributed by atoms with Crippen molar-refractivity contribution in [2.45, 2.75) is 11.6 Å². The molecule has 0 radical (unpaired) electrons. The van der Waals surface area contributed by atoms with Gasteiger partial charge in [-0.1, -0.05) is 0 Å². The van der Waals surface area contributed by atoms with Crippen LogP contribution in [0.3, 0.4) is 0 Å². The summed E-state index contributed by atoms with van der Waals surface area (Å²) in [6.07, 6.45) is -1.01. The minimum atomic E-state index is -4.76. The van der Waals surface area contributed by atoms with Gasteiger partial charge in [0.25, 0.3) is 0 Å². The Hall–Kier alpha value is 0.01000. The molecule has 0 aliphatic carbocycles. The van der Waals surface area contributed by atoms with E-state index in [0.717, 1.165) is 0 Å². The van der Waals surface area contributed by atoms with Crippen molar-refractivity contribution in [2.24, 2.45) is 0 Å². The quantitative estimate of drug-likeness (QED) is 0.692. The molecule has 3 atom stereocenters. The molecule has 0 N–H and O–H groups in total. The van der Waals surface area contributed by atoms with Gasteiger partial charge in [0, 0.05) is 0 Å². The third-order valence-corrected chi connectivity index (χ3v) is 3.11. The van der Waals surface area contributed by atoms with Crippen LogP contribution in [0, 0.1) is 0 Å². The Morgan fingerprint density at radius 1 is 1.54 bits per heavy atom. The van der Waals surface area contributed by atoms with E-state index < -0.39 is 39.5 Å². The lowest BCUT2D eigenvalue weighted by molar-refractivity contribution is -0.0389. The average Bonchev–Trinajstić information content (AvgIpc) is 2.33. The van der Waals surface area contributed by atoms with Crippen LogP contribution in [-0.4, -0.2) is 32.4 Å². The van der Waals surface area contributed by atoms with Gasteiger partial charge >= 0.3 is 16.9 Å². The van der Waals surface area contributed by atoms with Crippen LogP contribution in [0.4, 0.5) is 13.2 Å². The highest BCUT2D eigenvalue weighted by molar-refractivity contribution is 7.86. The summed E-state index contributed by atoms with van der Waals surface area (Å²) in [7, 11) is -2.98. The largest absolute Gasteiger partial charge is 0.471 e. The van der Waals surface area contributed by atoms with Gasteiger partial charge in [-0.25, -0.2) is 0 Å². The fourth-order valence-corrected chi connectivity index (χ4v) is 2.08.